The number of phenolic OH excluding ortho intramolecular Hbond substituents is 2. The van der Waals surface area contributed by atoms with Gasteiger partial charge in [0.25, 0.3) is 0 Å². The molecule has 10 N–H and O–H groups in total. The van der Waals surface area contributed by atoms with Crippen molar-refractivity contribution >= 4 is 44.7 Å². The molecule has 21 nitrogen and oxygen atoms in total. The molecule has 0 spiro atoms. The van der Waals surface area contributed by atoms with Crippen molar-refractivity contribution in [3.63, 3.8) is 0 Å². The number of sulfonamides is 1. The van der Waals surface area contributed by atoms with E-state index in [2.05, 4.69) is 36.3 Å². The molecule has 4 heterocycles. The minimum absolute atomic E-state index is 0.0707. The van der Waals surface area contributed by atoms with Crippen LogP contribution in [0.2, 0.25) is 0 Å². The lowest BCUT2D eigenvalue weighted by molar-refractivity contribution is 0.00469. The molecule has 0 unspecified atom stereocenters. The molecule has 0 radical (unpaired) electrons. The van der Waals surface area contributed by atoms with Gasteiger partial charge >= 0.3 is 6.03 Å². The maximum absolute atomic E-state index is 13.0. The van der Waals surface area contributed by atoms with Crippen LogP contribution in [0.5, 0.6) is 11.5 Å². The number of phenols is 2. The molecule has 3 aromatic carbocycles. The van der Waals surface area contributed by atoms with Gasteiger partial charge in [-0.15, -0.1) is 10.2 Å². The normalized spacial score (nSPS) is 20.7. The molecule has 3 aromatic heterocycles. The lowest BCUT2D eigenvalue weighted by Gasteiger charge is -2.22. The average molecular weight is 828 g/mol. The van der Waals surface area contributed by atoms with Gasteiger partial charge in [0, 0.05) is 37.3 Å². The summed E-state index contributed by atoms with van der Waals surface area (Å²) in [4.78, 5) is 30.5. The molecular weight excluding hydrogens is 787 g/mol. The summed E-state index contributed by atoms with van der Waals surface area (Å²) < 4.78 is 25.3. The molecule has 308 valence electrons. The lowest BCUT2D eigenvalue weighted by Crippen LogP contribution is -2.40. The Kier molecular flexibility index (Phi) is 10.7. The highest BCUT2D eigenvalue weighted by Crippen LogP contribution is 2.40. The van der Waals surface area contributed by atoms with Gasteiger partial charge in [-0.05, 0) is 71.6 Å². The minimum Gasteiger partial charge on any atom is -0.508 e. The highest BCUT2D eigenvalue weighted by Gasteiger charge is 2.45. The van der Waals surface area contributed by atoms with Gasteiger partial charge in [-0.1, -0.05) is 30.3 Å². The predicted molar refractivity (Wildman–Crippen MR) is 211 cm³/mol. The predicted octanol–water partition coefficient (Wildman–Crippen LogP) is 0.916. The summed E-state index contributed by atoms with van der Waals surface area (Å²) in [5, 5.41) is 78.1. The van der Waals surface area contributed by atoms with Crippen LogP contribution in [0.25, 0.3) is 11.2 Å². The number of nitrogens with zero attached hydrogens (tertiary/aromatic N) is 9. The van der Waals surface area contributed by atoms with Crippen molar-refractivity contribution in [2.45, 2.75) is 60.6 Å². The highest BCUT2D eigenvalue weighted by atomic mass is 32.2. The average Bonchev–Trinajstić information content (AvgIpc) is 4.03. The molecule has 2 aliphatic rings. The number of aromatic hydroxyl groups is 2. The summed E-state index contributed by atoms with van der Waals surface area (Å²) >= 11 is 0. The molecule has 8 rings (SSSR count). The zero-order chi connectivity index (χ0) is 41.4. The Bertz CT molecular complexity index is 2530. The van der Waals surface area contributed by atoms with Gasteiger partial charge in [-0.2, -0.15) is 14.8 Å². The van der Waals surface area contributed by atoms with Crippen LogP contribution >= 0.6 is 0 Å². The number of hydrogen-bond donors (Lipinski definition) is 9. The van der Waals surface area contributed by atoms with Crippen LogP contribution in [0.1, 0.15) is 47.8 Å². The smallest absolute Gasteiger partial charge is 0.319 e. The Labute approximate surface area is 336 Å². The van der Waals surface area contributed by atoms with Crippen molar-refractivity contribution < 1.29 is 38.7 Å². The Balaban J connectivity index is 1.09. The number of amides is 2. The third-order valence-corrected chi connectivity index (χ3v) is 11.5. The van der Waals surface area contributed by atoms with E-state index in [1.807, 2.05) is 29.2 Å². The van der Waals surface area contributed by atoms with Crippen LogP contribution in [-0.2, 0) is 16.6 Å². The molecule has 6 aromatic rings. The number of nitrogens with one attached hydrogen (secondary N) is 3. The first kappa shape index (κ1) is 39.4. The number of aliphatic hydroxyl groups is 3. The number of fused-ring (bicyclic) bond motifs is 1. The third kappa shape index (κ3) is 8.29. The first-order valence-electron chi connectivity index (χ1n) is 18.6. The Morgan fingerprint density at radius 2 is 1.64 bits per heavy atom. The van der Waals surface area contributed by atoms with Crippen molar-refractivity contribution in [3.05, 3.63) is 96.1 Å². The second kappa shape index (κ2) is 16.1. The summed E-state index contributed by atoms with van der Waals surface area (Å²) in [5.74, 6) is 0.685. The number of urea groups is 1. The van der Waals surface area contributed by atoms with E-state index in [0.29, 0.717) is 49.0 Å². The number of benzene rings is 3. The first-order chi connectivity index (χ1) is 28.3. The number of carbonyl (C=O) groups excluding carboxylic acids is 1. The molecular formula is C37H41N13O8S. The van der Waals surface area contributed by atoms with Gasteiger partial charge in [0.2, 0.25) is 16.0 Å². The number of aliphatic hydroxyl groups excluding tert-OH is 3. The number of tetrazole rings is 1. The van der Waals surface area contributed by atoms with Crippen molar-refractivity contribution in [2.24, 2.45) is 5.14 Å². The van der Waals surface area contributed by atoms with Crippen LogP contribution < -0.4 is 26.0 Å². The Hall–Kier alpha value is -6.46. The molecule has 1 saturated heterocycles. The zero-order valence-electron chi connectivity index (χ0n) is 31.2. The highest BCUT2D eigenvalue weighted by molar-refractivity contribution is 7.89. The fraction of sp³-hybridized carbons (Fsp3) is 0.324. The van der Waals surface area contributed by atoms with E-state index in [9.17, 15) is 38.7 Å². The summed E-state index contributed by atoms with van der Waals surface area (Å²) in [7, 11) is -3.97. The topological polar surface area (TPSA) is 305 Å². The van der Waals surface area contributed by atoms with Crippen LogP contribution in [0.4, 0.5) is 22.2 Å². The summed E-state index contributed by atoms with van der Waals surface area (Å²) in [6.07, 6.45) is -0.354. The number of anilines is 3. The van der Waals surface area contributed by atoms with Crippen molar-refractivity contribution in [1.82, 2.24) is 45.0 Å². The zero-order valence-corrected chi connectivity index (χ0v) is 32.0. The van der Waals surface area contributed by atoms with Crippen LogP contribution in [0.15, 0.2) is 84.0 Å². The van der Waals surface area contributed by atoms with Crippen molar-refractivity contribution in [1.29, 1.82) is 0 Å². The largest absolute Gasteiger partial charge is 0.508 e. The van der Waals surface area contributed by atoms with Crippen molar-refractivity contribution in [3.8, 4) is 11.5 Å². The number of nitrogens with two attached hydrogens (primary N) is 1. The summed E-state index contributed by atoms with van der Waals surface area (Å²) in [6.45, 7) is 0.615. The SMILES string of the molecule is NS(=O)(=O)c1cccc(NC(=O)N[C@@H]2CCN(c3nc(NCC(c4ccc(O)cc4)c4ccc(O)cc4)c4ncn([C@@H]5C[C@H](n6nnc(CO)n6)[C@@H](O)[C@H]5O)c4n3)C2)c1. The van der Waals surface area contributed by atoms with E-state index in [0.717, 1.165) is 11.1 Å². The third-order valence-electron chi connectivity index (χ3n) is 10.6. The fourth-order valence-electron chi connectivity index (χ4n) is 7.57. The lowest BCUT2D eigenvalue weighted by atomic mass is 9.91. The first-order valence-corrected chi connectivity index (χ1v) is 20.2. The van der Waals surface area contributed by atoms with E-state index < -0.39 is 47.0 Å². The molecule has 1 saturated carbocycles. The van der Waals surface area contributed by atoms with Crippen molar-refractivity contribution in [2.75, 3.05) is 35.2 Å². The van der Waals surface area contributed by atoms with Crippen LogP contribution in [0.3, 0.4) is 0 Å². The second-order valence-electron chi connectivity index (χ2n) is 14.5. The molecule has 1 aliphatic heterocycles. The van der Waals surface area contributed by atoms with Gasteiger partial charge in [0.05, 0.1) is 17.3 Å². The molecule has 22 heteroatoms. The van der Waals surface area contributed by atoms with Gasteiger partial charge in [-0.3, -0.25) is 0 Å². The van der Waals surface area contributed by atoms with E-state index in [1.54, 1.807) is 34.9 Å². The number of rotatable bonds is 12. The van der Waals surface area contributed by atoms with Crippen LogP contribution in [-0.4, -0.2) is 118 Å². The van der Waals surface area contributed by atoms with Gasteiger partial charge in [0.1, 0.15) is 36.4 Å². The molecule has 5 atom stereocenters. The maximum atomic E-state index is 13.0. The van der Waals surface area contributed by atoms with Crippen LogP contribution in [0, 0.1) is 0 Å². The molecule has 0 bridgehead atoms. The molecule has 1 aliphatic carbocycles. The number of hydrogen-bond acceptors (Lipinski definition) is 16. The number of imidazole rings is 1. The maximum Gasteiger partial charge on any atom is 0.319 e. The summed E-state index contributed by atoms with van der Waals surface area (Å²) in [5.41, 5.74) is 2.73. The monoisotopic (exact) mass is 827 g/mol. The van der Waals surface area contributed by atoms with E-state index >= 15 is 0 Å². The number of carbonyl (C=O) groups is 1. The van der Waals surface area contributed by atoms with E-state index in [1.165, 1.54) is 29.3 Å². The minimum atomic E-state index is -3.97. The Morgan fingerprint density at radius 1 is 0.949 bits per heavy atom. The van der Waals surface area contributed by atoms with Gasteiger partial charge in [0.15, 0.2) is 22.8 Å². The summed E-state index contributed by atoms with van der Waals surface area (Å²) in [6, 6.07) is 16.8. The fourth-order valence-corrected chi connectivity index (χ4v) is 8.13. The Morgan fingerprint density at radius 3 is 2.31 bits per heavy atom. The quantitative estimate of drug-likeness (QED) is 0.0828. The number of primary sulfonamides is 1. The molecule has 2 amide bonds. The van der Waals surface area contributed by atoms with Gasteiger partial charge < -0.3 is 51.0 Å². The van der Waals surface area contributed by atoms with E-state index in [4.69, 9.17) is 15.1 Å². The molecule has 59 heavy (non-hydrogen) atoms. The standard InChI is InChI=1S/C37H41N13O8S/c38-59(57,58)26-3-1-2-22(14-26)41-37(56)42-23-12-13-48(17-23)36-43-34(39-16-27(20-4-8-24(52)9-5-20)21-6-10-25(53)11-7-21)31-35(44-36)49(19-40-31)28-15-29(33(55)32(28)54)50-46-30(18-51)45-47-50/h1-11,14,19,23,27-29,32-33,51-55H,12-13,15-18H2,(H2,38,57,58)(H,39,43,44)(H2,41,42,56)/t23-,28-,29+,32+,33-/m1/s1. The van der Waals surface area contributed by atoms with E-state index in [-0.39, 0.29) is 46.3 Å². The van der Waals surface area contributed by atoms with Gasteiger partial charge in [-0.25, -0.2) is 23.3 Å². The second-order valence-corrected chi connectivity index (χ2v) is 16.0. The molecule has 2 fully saturated rings. The number of aromatic nitrogens is 8.